The molecule has 0 aliphatic carbocycles. The summed E-state index contributed by atoms with van der Waals surface area (Å²) >= 11 is 0. The van der Waals surface area contributed by atoms with Crippen molar-refractivity contribution in [3.63, 3.8) is 0 Å². The highest BCUT2D eigenvalue weighted by atomic mass is 14.8. The van der Waals surface area contributed by atoms with Crippen LogP contribution in [0.25, 0.3) is 0 Å². The topological polar surface area (TPSA) is 38.0 Å². The van der Waals surface area contributed by atoms with Gasteiger partial charge < -0.3 is 11.1 Å². The summed E-state index contributed by atoms with van der Waals surface area (Å²) < 4.78 is 0. The summed E-state index contributed by atoms with van der Waals surface area (Å²) in [6.45, 7) is 10.1. The summed E-state index contributed by atoms with van der Waals surface area (Å²) in [6, 6.07) is 0. The van der Waals surface area contributed by atoms with Crippen molar-refractivity contribution < 1.29 is 0 Å². The summed E-state index contributed by atoms with van der Waals surface area (Å²) in [6.07, 6.45) is 9.20. The number of unbranched alkanes of at least 4 members (excludes halogenated alkanes) is 1. The maximum absolute atomic E-state index is 5.55. The third-order valence-electron chi connectivity index (χ3n) is 3.69. The van der Waals surface area contributed by atoms with Gasteiger partial charge in [-0.2, -0.15) is 0 Å². The summed E-state index contributed by atoms with van der Waals surface area (Å²) in [7, 11) is 0. The number of nitrogens with one attached hydrogen (secondary N) is 1. The Kier molecular flexibility index (Phi) is 12.3. The van der Waals surface area contributed by atoms with Crippen molar-refractivity contribution >= 4 is 0 Å². The van der Waals surface area contributed by atoms with Gasteiger partial charge in [-0.05, 0) is 57.2 Å². The number of hydrogen-bond donors (Lipinski definition) is 2. The molecule has 0 radical (unpaired) electrons. The lowest BCUT2D eigenvalue weighted by Gasteiger charge is -2.16. The zero-order valence-corrected chi connectivity index (χ0v) is 12.3. The fraction of sp³-hybridized carbons (Fsp3) is 1.00. The first-order valence-corrected chi connectivity index (χ1v) is 7.65. The minimum absolute atomic E-state index is 0.795. The van der Waals surface area contributed by atoms with Crippen molar-refractivity contribution in [2.45, 2.75) is 65.7 Å². The Labute approximate surface area is 109 Å². The van der Waals surface area contributed by atoms with Crippen LogP contribution in [0.1, 0.15) is 65.7 Å². The van der Waals surface area contributed by atoms with Gasteiger partial charge in [0.15, 0.2) is 0 Å². The van der Waals surface area contributed by atoms with Crippen LogP contribution in [0.15, 0.2) is 0 Å². The molecule has 0 aromatic carbocycles. The lowest BCUT2D eigenvalue weighted by Crippen LogP contribution is -2.24. The fourth-order valence-electron chi connectivity index (χ4n) is 2.25. The van der Waals surface area contributed by atoms with Crippen molar-refractivity contribution in [3.05, 3.63) is 0 Å². The first kappa shape index (κ1) is 16.9. The maximum Gasteiger partial charge on any atom is -0.00206 e. The van der Waals surface area contributed by atoms with Gasteiger partial charge in [0.05, 0.1) is 0 Å². The molecular formula is C15H34N2. The van der Waals surface area contributed by atoms with Gasteiger partial charge in [0.2, 0.25) is 0 Å². The highest BCUT2D eigenvalue weighted by molar-refractivity contribution is 4.62. The number of rotatable bonds is 12. The van der Waals surface area contributed by atoms with E-state index < -0.39 is 0 Å². The van der Waals surface area contributed by atoms with Crippen molar-refractivity contribution in [1.29, 1.82) is 0 Å². The second kappa shape index (κ2) is 12.4. The highest BCUT2D eigenvalue weighted by Crippen LogP contribution is 2.12. The van der Waals surface area contributed by atoms with Crippen LogP contribution < -0.4 is 11.1 Å². The first-order valence-electron chi connectivity index (χ1n) is 7.65. The van der Waals surface area contributed by atoms with Gasteiger partial charge in [0, 0.05) is 0 Å². The van der Waals surface area contributed by atoms with Crippen molar-refractivity contribution in [2.24, 2.45) is 17.6 Å². The zero-order valence-electron chi connectivity index (χ0n) is 12.3. The molecule has 0 fully saturated rings. The van der Waals surface area contributed by atoms with E-state index in [9.17, 15) is 0 Å². The Bertz CT molecular complexity index is 148. The SMILES string of the molecule is CCCCC(CC)CNCCCC(C)CCN. The molecule has 0 saturated heterocycles. The second-order valence-corrected chi connectivity index (χ2v) is 5.45. The van der Waals surface area contributed by atoms with Gasteiger partial charge in [-0.1, -0.05) is 40.0 Å². The molecule has 0 heterocycles. The lowest BCUT2D eigenvalue weighted by atomic mass is 9.99. The molecule has 0 aromatic heterocycles. The van der Waals surface area contributed by atoms with Gasteiger partial charge in [-0.3, -0.25) is 0 Å². The third kappa shape index (κ3) is 10.8. The molecule has 0 aliphatic heterocycles. The molecular weight excluding hydrogens is 208 g/mol. The molecule has 2 heteroatoms. The van der Waals surface area contributed by atoms with Gasteiger partial charge >= 0.3 is 0 Å². The van der Waals surface area contributed by atoms with Gasteiger partial charge in [-0.25, -0.2) is 0 Å². The Morgan fingerprint density at radius 1 is 1.06 bits per heavy atom. The van der Waals surface area contributed by atoms with Crippen LogP contribution in [0.5, 0.6) is 0 Å². The smallest absolute Gasteiger partial charge is 0.00206 e. The van der Waals surface area contributed by atoms with Crippen molar-refractivity contribution in [3.8, 4) is 0 Å². The van der Waals surface area contributed by atoms with Gasteiger partial charge in [0.1, 0.15) is 0 Å². The Hall–Kier alpha value is -0.0800. The van der Waals surface area contributed by atoms with Crippen LogP contribution in [-0.4, -0.2) is 19.6 Å². The van der Waals surface area contributed by atoms with E-state index in [2.05, 4.69) is 26.1 Å². The van der Waals surface area contributed by atoms with E-state index >= 15 is 0 Å². The van der Waals surface area contributed by atoms with E-state index in [4.69, 9.17) is 5.73 Å². The Morgan fingerprint density at radius 3 is 2.41 bits per heavy atom. The molecule has 0 saturated carbocycles. The van der Waals surface area contributed by atoms with Crippen LogP contribution in [-0.2, 0) is 0 Å². The molecule has 104 valence electrons. The molecule has 0 bridgehead atoms. The number of nitrogens with two attached hydrogens (primary N) is 1. The molecule has 0 aliphatic rings. The normalized spacial score (nSPS) is 14.8. The predicted octanol–water partition coefficient (Wildman–Crippen LogP) is 3.56. The zero-order chi connectivity index (χ0) is 12.9. The van der Waals surface area contributed by atoms with Crippen molar-refractivity contribution in [2.75, 3.05) is 19.6 Å². The van der Waals surface area contributed by atoms with Gasteiger partial charge in [-0.15, -0.1) is 0 Å². The van der Waals surface area contributed by atoms with Gasteiger partial charge in [0.25, 0.3) is 0 Å². The monoisotopic (exact) mass is 242 g/mol. The molecule has 3 N–H and O–H groups in total. The molecule has 0 rings (SSSR count). The van der Waals surface area contributed by atoms with E-state index in [1.54, 1.807) is 0 Å². The van der Waals surface area contributed by atoms with E-state index in [0.29, 0.717) is 0 Å². The molecule has 2 atom stereocenters. The van der Waals surface area contributed by atoms with Crippen LogP contribution in [0.3, 0.4) is 0 Å². The van der Waals surface area contributed by atoms with E-state index in [1.807, 2.05) is 0 Å². The van der Waals surface area contributed by atoms with E-state index in [-0.39, 0.29) is 0 Å². The van der Waals surface area contributed by atoms with E-state index in [0.717, 1.165) is 18.4 Å². The van der Waals surface area contributed by atoms with E-state index in [1.165, 1.54) is 58.0 Å². The maximum atomic E-state index is 5.55. The average molecular weight is 242 g/mol. The average Bonchev–Trinajstić information content (AvgIpc) is 2.33. The summed E-state index contributed by atoms with van der Waals surface area (Å²) in [5.41, 5.74) is 5.55. The standard InChI is InChI=1S/C15H34N2/c1-4-6-9-15(5-2)13-17-12-7-8-14(3)10-11-16/h14-15,17H,4-13,16H2,1-3H3. The van der Waals surface area contributed by atoms with Crippen LogP contribution in [0, 0.1) is 11.8 Å². The highest BCUT2D eigenvalue weighted by Gasteiger charge is 2.05. The molecule has 2 unspecified atom stereocenters. The minimum Gasteiger partial charge on any atom is -0.330 e. The largest absolute Gasteiger partial charge is 0.330 e. The fourth-order valence-corrected chi connectivity index (χ4v) is 2.25. The predicted molar refractivity (Wildman–Crippen MR) is 78.2 cm³/mol. The quantitative estimate of drug-likeness (QED) is 0.514. The lowest BCUT2D eigenvalue weighted by molar-refractivity contribution is 0.406. The third-order valence-corrected chi connectivity index (χ3v) is 3.69. The second-order valence-electron chi connectivity index (χ2n) is 5.45. The van der Waals surface area contributed by atoms with Crippen molar-refractivity contribution in [1.82, 2.24) is 5.32 Å². The van der Waals surface area contributed by atoms with Crippen LogP contribution >= 0.6 is 0 Å². The molecule has 0 aromatic rings. The molecule has 0 spiro atoms. The Morgan fingerprint density at radius 2 is 1.82 bits per heavy atom. The van der Waals surface area contributed by atoms with Crippen LogP contribution in [0.2, 0.25) is 0 Å². The minimum atomic E-state index is 0.795. The summed E-state index contributed by atoms with van der Waals surface area (Å²) in [5.74, 6) is 1.68. The molecule has 17 heavy (non-hydrogen) atoms. The van der Waals surface area contributed by atoms with Crippen LogP contribution in [0.4, 0.5) is 0 Å². The first-order chi connectivity index (χ1) is 8.24. The summed E-state index contributed by atoms with van der Waals surface area (Å²) in [5, 5.41) is 3.61. The number of hydrogen-bond acceptors (Lipinski definition) is 2. The molecule has 2 nitrogen and oxygen atoms in total. The molecule has 0 amide bonds. The Balaban J connectivity index is 3.35. The summed E-state index contributed by atoms with van der Waals surface area (Å²) in [4.78, 5) is 0.